The van der Waals surface area contributed by atoms with E-state index in [-0.39, 0.29) is 11.1 Å². The average molecular weight is 395 g/mol. The molecule has 0 fully saturated rings. The molecule has 0 bridgehead atoms. The van der Waals surface area contributed by atoms with Gasteiger partial charge in [-0.25, -0.2) is 4.98 Å². The molecular formula is C19H20F3N3OS. The second kappa shape index (κ2) is 7.09. The summed E-state index contributed by atoms with van der Waals surface area (Å²) >= 11 is 1.44. The van der Waals surface area contributed by atoms with E-state index in [4.69, 9.17) is 0 Å². The van der Waals surface area contributed by atoms with Gasteiger partial charge in [0.05, 0.1) is 17.0 Å². The second-order valence-corrected chi connectivity index (χ2v) is 7.81. The first kappa shape index (κ1) is 19.6. The number of aromatic nitrogens is 2. The molecule has 0 aliphatic rings. The normalized spacial score (nSPS) is 14.5. The van der Waals surface area contributed by atoms with Crippen molar-refractivity contribution >= 4 is 21.6 Å². The highest BCUT2D eigenvalue weighted by Gasteiger charge is 2.34. The first-order chi connectivity index (χ1) is 12.6. The standard InChI is InChI=1S/C19H20F3N3OS/c1-9-12(4)27-18-15(9)17(26)24-16(25-18)11(3)23-10(2)13-7-5-6-8-14(13)19(20,21)22/h5-8,10-11,23H,1-4H3,(H,24,25,26)/t10-,11+/m1/s1. The van der Waals surface area contributed by atoms with Crippen LogP contribution >= 0.6 is 11.3 Å². The lowest BCUT2D eigenvalue weighted by atomic mass is 10.0. The molecule has 3 aromatic rings. The van der Waals surface area contributed by atoms with Crippen molar-refractivity contribution in [2.45, 2.75) is 46.0 Å². The maximum atomic E-state index is 13.3. The lowest BCUT2D eigenvalue weighted by Gasteiger charge is -2.23. The Hall–Kier alpha value is -2.19. The number of H-pyrrole nitrogens is 1. The van der Waals surface area contributed by atoms with Gasteiger partial charge in [-0.3, -0.25) is 4.79 Å². The summed E-state index contributed by atoms with van der Waals surface area (Å²) in [6.45, 7) is 7.24. The van der Waals surface area contributed by atoms with Crippen LogP contribution in [0.4, 0.5) is 13.2 Å². The molecule has 4 nitrogen and oxygen atoms in total. The van der Waals surface area contributed by atoms with Crippen LogP contribution in [0, 0.1) is 13.8 Å². The van der Waals surface area contributed by atoms with Crippen LogP contribution in [0.15, 0.2) is 29.1 Å². The van der Waals surface area contributed by atoms with E-state index < -0.39 is 23.8 Å². The number of hydrogen-bond donors (Lipinski definition) is 2. The van der Waals surface area contributed by atoms with Gasteiger partial charge in [0, 0.05) is 10.9 Å². The van der Waals surface area contributed by atoms with E-state index in [0.29, 0.717) is 16.0 Å². The highest BCUT2D eigenvalue weighted by Crippen LogP contribution is 2.35. The third-order valence-corrected chi connectivity index (χ3v) is 5.80. The van der Waals surface area contributed by atoms with Crippen LogP contribution in [0.2, 0.25) is 0 Å². The van der Waals surface area contributed by atoms with Crippen LogP contribution in [-0.4, -0.2) is 9.97 Å². The Morgan fingerprint density at radius 3 is 2.48 bits per heavy atom. The Bertz CT molecular complexity index is 1040. The van der Waals surface area contributed by atoms with Crippen molar-refractivity contribution in [3.8, 4) is 0 Å². The molecule has 0 saturated heterocycles. The predicted molar refractivity (Wildman–Crippen MR) is 101 cm³/mol. The Morgan fingerprint density at radius 1 is 1.15 bits per heavy atom. The Morgan fingerprint density at radius 2 is 1.81 bits per heavy atom. The monoisotopic (exact) mass is 395 g/mol. The van der Waals surface area contributed by atoms with E-state index >= 15 is 0 Å². The minimum Gasteiger partial charge on any atom is -0.309 e. The van der Waals surface area contributed by atoms with Crippen LogP contribution in [0.1, 0.15) is 53.3 Å². The fraction of sp³-hybridized carbons (Fsp3) is 0.368. The highest BCUT2D eigenvalue weighted by atomic mass is 32.1. The Kier molecular flexibility index (Phi) is 5.14. The lowest BCUT2D eigenvalue weighted by molar-refractivity contribution is -0.138. The molecule has 2 heterocycles. The number of rotatable bonds is 4. The number of thiophene rings is 1. The maximum Gasteiger partial charge on any atom is 0.416 e. The summed E-state index contributed by atoms with van der Waals surface area (Å²) in [6, 6.07) is 4.47. The van der Waals surface area contributed by atoms with E-state index in [1.807, 2.05) is 13.8 Å². The number of nitrogens with one attached hydrogen (secondary N) is 2. The second-order valence-electron chi connectivity index (χ2n) is 6.61. The number of nitrogens with zero attached hydrogens (tertiary/aromatic N) is 1. The topological polar surface area (TPSA) is 57.8 Å². The molecule has 2 N–H and O–H groups in total. The summed E-state index contributed by atoms with van der Waals surface area (Å²) in [7, 11) is 0. The molecule has 1 aromatic carbocycles. The third kappa shape index (κ3) is 3.77. The molecule has 27 heavy (non-hydrogen) atoms. The van der Waals surface area contributed by atoms with Gasteiger partial charge in [0.1, 0.15) is 10.7 Å². The van der Waals surface area contributed by atoms with Gasteiger partial charge in [-0.15, -0.1) is 11.3 Å². The highest BCUT2D eigenvalue weighted by molar-refractivity contribution is 7.18. The van der Waals surface area contributed by atoms with Gasteiger partial charge in [0.15, 0.2) is 0 Å². The Balaban J connectivity index is 1.91. The Labute approximate surface area is 158 Å². The zero-order chi connectivity index (χ0) is 19.9. The number of fused-ring (bicyclic) bond motifs is 1. The molecule has 0 radical (unpaired) electrons. The lowest BCUT2D eigenvalue weighted by Crippen LogP contribution is -2.27. The molecule has 0 spiro atoms. The maximum absolute atomic E-state index is 13.3. The zero-order valence-electron chi connectivity index (χ0n) is 15.4. The van der Waals surface area contributed by atoms with Crippen molar-refractivity contribution in [2.75, 3.05) is 0 Å². The molecular weight excluding hydrogens is 375 g/mol. The zero-order valence-corrected chi connectivity index (χ0v) is 16.2. The minimum atomic E-state index is -4.42. The van der Waals surface area contributed by atoms with Crippen molar-refractivity contribution in [1.82, 2.24) is 15.3 Å². The smallest absolute Gasteiger partial charge is 0.309 e. The van der Waals surface area contributed by atoms with Crippen molar-refractivity contribution in [3.63, 3.8) is 0 Å². The SMILES string of the molecule is Cc1sc2nc([C@H](C)N[C@H](C)c3ccccc3C(F)(F)F)[nH]c(=O)c2c1C. The van der Waals surface area contributed by atoms with Gasteiger partial charge in [-0.2, -0.15) is 13.2 Å². The van der Waals surface area contributed by atoms with Gasteiger partial charge in [0.2, 0.25) is 0 Å². The summed E-state index contributed by atoms with van der Waals surface area (Å²) in [5.41, 5.74) is 0.166. The average Bonchev–Trinajstić information content (AvgIpc) is 2.88. The molecule has 2 atom stereocenters. The molecule has 144 valence electrons. The number of alkyl halides is 3. The number of benzene rings is 1. The molecule has 0 amide bonds. The van der Waals surface area contributed by atoms with Crippen molar-refractivity contribution in [2.24, 2.45) is 0 Å². The number of hydrogen-bond acceptors (Lipinski definition) is 4. The molecule has 8 heteroatoms. The first-order valence-corrected chi connectivity index (χ1v) is 9.33. The quantitative estimate of drug-likeness (QED) is 0.651. The number of aromatic amines is 1. The summed E-state index contributed by atoms with van der Waals surface area (Å²) in [5.74, 6) is 0.407. The van der Waals surface area contributed by atoms with Crippen LogP contribution in [0.3, 0.4) is 0 Å². The van der Waals surface area contributed by atoms with Crippen LogP contribution in [0.25, 0.3) is 10.2 Å². The van der Waals surface area contributed by atoms with Gasteiger partial charge >= 0.3 is 6.18 Å². The van der Waals surface area contributed by atoms with Gasteiger partial charge in [0.25, 0.3) is 5.56 Å². The van der Waals surface area contributed by atoms with Crippen LogP contribution < -0.4 is 10.9 Å². The van der Waals surface area contributed by atoms with Crippen molar-refractivity contribution in [3.05, 3.63) is 62.0 Å². The fourth-order valence-electron chi connectivity index (χ4n) is 3.15. The third-order valence-electron chi connectivity index (χ3n) is 4.70. The predicted octanol–water partition coefficient (Wildman–Crippen LogP) is 5.03. The minimum absolute atomic E-state index is 0.156. The largest absolute Gasteiger partial charge is 0.416 e. The molecule has 0 unspecified atom stereocenters. The molecule has 0 saturated carbocycles. The van der Waals surface area contributed by atoms with E-state index in [1.54, 1.807) is 19.9 Å². The van der Waals surface area contributed by atoms with Gasteiger partial charge in [-0.05, 0) is 44.9 Å². The van der Waals surface area contributed by atoms with Gasteiger partial charge in [-0.1, -0.05) is 18.2 Å². The summed E-state index contributed by atoms with van der Waals surface area (Å²) in [6.07, 6.45) is -4.42. The fourth-order valence-corrected chi connectivity index (χ4v) is 4.19. The number of aryl methyl sites for hydroxylation is 2. The van der Waals surface area contributed by atoms with Crippen molar-refractivity contribution in [1.29, 1.82) is 0 Å². The molecule has 0 aliphatic carbocycles. The number of halogens is 3. The van der Waals surface area contributed by atoms with Crippen molar-refractivity contribution < 1.29 is 13.2 Å². The van der Waals surface area contributed by atoms with E-state index in [9.17, 15) is 18.0 Å². The molecule has 0 aliphatic heterocycles. The van der Waals surface area contributed by atoms with E-state index in [2.05, 4.69) is 15.3 Å². The van der Waals surface area contributed by atoms with E-state index in [1.165, 1.54) is 23.5 Å². The molecule has 2 aromatic heterocycles. The van der Waals surface area contributed by atoms with Gasteiger partial charge < -0.3 is 10.3 Å². The summed E-state index contributed by atoms with van der Waals surface area (Å²) < 4.78 is 39.8. The van der Waals surface area contributed by atoms with E-state index in [0.717, 1.165) is 16.5 Å². The summed E-state index contributed by atoms with van der Waals surface area (Å²) in [5, 5.41) is 3.68. The summed E-state index contributed by atoms with van der Waals surface area (Å²) in [4.78, 5) is 21.4. The van der Waals surface area contributed by atoms with Crippen LogP contribution in [-0.2, 0) is 6.18 Å². The van der Waals surface area contributed by atoms with Crippen LogP contribution in [0.5, 0.6) is 0 Å². The first-order valence-electron chi connectivity index (χ1n) is 8.51. The molecule has 3 rings (SSSR count).